The Bertz CT molecular complexity index is 648. The van der Waals surface area contributed by atoms with Gasteiger partial charge < -0.3 is 4.90 Å². The smallest absolute Gasteiger partial charge is 0.272 e. The Balaban J connectivity index is 2.48. The molecule has 0 aromatic carbocycles. The minimum Gasteiger partial charge on any atom is -0.340 e. The van der Waals surface area contributed by atoms with Crippen LogP contribution in [0.25, 0.3) is 5.65 Å². The van der Waals surface area contributed by atoms with E-state index >= 15 is 0 Å². The van der Waals surface area contributed by atoms with Gasteiger partial charge in [-0.3, -0.25) is 9.20 Å². The standard InChI is InChI=1S/C15H20BrN3O/c1-5-6-7-18(4)15(20)13-11(3)17-14-12(16)8-10(2)9-19(13)14/h8-9H,5-7H2,1-4H3. The van der Waals surface area contributed by atoms with Gasteiger partial charge in [0.05, 0.1) is 10.2 Å². The van der Waals surface area contributed by atoms with Crippen LogP contribution in [0.5, 0.6) is 0 Å². The molecule has 0 fully saturated rings. The number of fused-ring (bicyclic) bond motifs is 1. The summed E-state index contributed by atoms with van der Waals surface area (Å²) in [6, 6.07) is 2.01. The molecule has 0 saturated carbocycles. The highest BCUT2D eigenvalue weighted by Crippen LogP contribution is 2.23. The van der Waals surface area contributed by atoms with E-state index in [4.69, 9.17) is 0 Å². The second-order valence-corrected chi connectivity index (χ2v) is 6.04. The van der Waals surface area contributed by atoms with Crippen molar-refractivity contribution in [2.24, 2.45) is 0 Å². The summed E-state index contributed by atoms with van der Waals surface area (Å²) >= 11 is 3.52. The molecule has 0 spiro atoms. The number of carbonyl (C=O) groups excluding carboxylic acids is 1. The van der Waals surface area contributed by atoms with Gasteiger partial charge in [0, 0.05) is 19.8 Å². The maximum Gasteiger partial charge on any atom is 0.272 e. The summed E-state index contributed by atoms with van der Waals surface area (Å²) in [6.45, 7) is 6.79. The molecule has 2 aromatic heterocycles. The van der Waals surface area contributed by atoms with E-state index in [1.54, 1.807) is 4.90 Å². The summed E-state index contributed by atoms with van der Waals surface area (Å²) in [5.74, 6) is 0.0287. The first-order chi connectivity index (χ1) is 9.45. The van der Waals surface area contributed by atoms with Crippen LogP contribution in [-0.4, -0.2) is 33.8 Å². The number of unbranched alkanes of at least 4 members (excludes halogenated alkanes) is 1. The van der Waals surface area contributed by atoms with Crippen molar-refractivity contribution in [3.05, 3.63) is 33.7 Å². The number of carbonyl (C=O) groups is 1. The van der Waals surface area contributed by atoms with Gasteiger partial charge in [-0.2, -0.15) is 0 Å². The molecule has 0 bridgehead atoms. The number of aromatic nitrogens is 2. The SMILES string of the molecule is CCCCN(C)C(=O)c1c(C)nc2c(Br)cc(C)cn12. The molecule has 0 aliphatic heterocycles. The zero-order valence-corrected chi connectivity index (χ0v) is 14.0. The number of rotatable bonds is 4. The first kappa shape index (κ1) is 15.0. The van der Waals surface area contributed by atoms with Crippen LogP contribution in [0.3, 0.4) is 0 Å². The van der Waals surface area contributed by atoms with Crippen molar-refractivity contribution in [2.75, 3.05) is 13.6 Å². The first-order valence-electron chi connectivity index (χ1n) is 6.86. The Morgan fingerprint density at radius 3 is 2.80 bits per heavy atom. The van der Waals surface area contributed by atoms with E-state index in [9.17, 15) is 4.79 Å². The molecule has 0 saturated heterocycles. The molecule has 0 atom stereocenters. The van der Waals surface area contributed by atoms with Gasteiger partial charge in [-0.05, 0) is 47.8 Å². The van der Waals surface area contributed by atoms with E-state index < -0.39 is 0 Å². The molecule has 4 nitrogen and oxygen atoms in total. The monoisotopic (exact) mass is 337 g/mol. The van der Waals surface area contributed by atoms with E-state index in [1.807, 2.05) is 37.6 Å². The highest BCUT2D eigenvalue weighted by molar-refractivity contribution is 9.10. The fourth-order valence-corrected chi connectivity index (χ4v) is 2.92. The Morgan fingerprint density at radius 2 is 2.15 bits per heavy atom. The van der Waals surface area contributed by atoms with Crippen LogP contribution < -0.4 is 0 Å². The largest absolute Gasteiger partial charge is 0.340 e. The van der Waals surface area contributed by atoms with E-state index in [0.717, 1.165) is 40.8 Å². The minimum atomic E-state index is 0.0287. The molecule has 1 amide bonds. The molecule has 5 heteroatoms. The lowest BCUT2D eigenvalue weighted by Gasteiger charge is -2.17. The summed E-state index contributed by atoms with van der Waals surface area (Å²) < 4.78 is 2.80. The molecule has 20 heavy (non-hydrogen) atoms. The third-order valence-electron chi connectivity index (χ3n) is 3.38. The lowest BCUT2D eigenvalue weighted by atomic mass is 10.2. The van der Waals surface area contributed by atoms with Crippen LogP contribution >= 0.6 is 15.9 Å². The molecule has 0 N–H and O–H groups in total. The van der Waals surface area contributed by atoms with Gasteiger partial charge in [0.2, 0.25) is 0 Å². The number of nitrogens with zero attached hydrogens (tertiary/aromatic N) is 3. The van der Waals surface area contributed by atoms with Crippen molar-refractivity contribution in [1.29, 1.82) is 0 Å². The number of hydrogen-bond donors (Lipinski definition) is 0. The summed E-state index contributed by atoms with van der Waals surface area (Å²) in [7, 11) is 1.85. The van der Waals surface area contributed by atoms with E-state index in [1.165, 1.54) is 0 Å². The Kier molecular flexibility index (Phi) is 4.48. The first-order valence-corrected chi connectivity index (χ1v) is 7.65. The molecular formula is C15H20BrN3O. The summed E-state index contributed by atoms with van der Waals surface area (Å²) in [5, 5.41) is 0. The second kappa shape index (κ2) is 5.95. The van der Waals surface area contributed by atoms with E-state index in [0.29, 0.717) is 5.69 Å². The van der Waals surface area contributed by atoms with Crippen molar-refractivity contribution in [3.8, 4) is 0 Å². The van der Waals surface area contributed by atoms with Crippen LogP contribution in [0, 0.1) is 13.8 Å². The fraction of sp³-hybridized carbons (Fsp3) is 0.467. The van der Waals surface area contributed by atoms with Crippen molar-refractivity contribution < 1.29 is 4.79 Å². The van der Waals surface area contributed by atoms with Crippen molar-refractivity contribution in [2.45, 2.75) is 33.6 Å². The van der Waals surface area contributed by atoms with Gasteiger partial charge in [-0.1, -0.05) is 13.3 Å². The number of hydrogen-bond acceptors (Lipinski definition) is 2. The predicted molar refractivity (Wildman–Crippen MR) is 84.2 cm³/mol. The molecule has 2 rings (SSSR count). The van der Waals surface area contributed by atoms with Crippen LogP contribution in [0.1, 0.15) is 41.5 Å². The number of aryl methyl sites for hydroxylation is 2. The van der Waals surface area contributed by atoms with Gasteiger partial charge >= 0.3 is 0 Å². The zero-order chi connectivity index (χ0) is 14.9. The maximum atomic E-state index is 12.6. The van der Waals surface area contributed by atoms with Crippen molar-refractivity contribution in [3.63, 3.8) is 0 Å². The van der Waals surface area contributed by atoms with Gasteiger partial charge in [0.25, 0.3) is 5.91 Å². The minimum absolute atomic E-state index is 0.0287. The number of amides is 1. The molecule has 2 heterocycles. The average Bonchev–Trinajstić information content (AvgIpc) is 2.71. The zero-order valence-electron chi connectivity index (χ0n) is 12.4. The highest BCUT2D eigenvalue weighted by atomic mass is 79.9. The normalized spacial score (nSPS) is 11.1. The Hall–Kier alpha value is -1.36. The quantitative estimate of drug-likeness (QED) is 0.854. The van der Waals surface area contributed by atoms with Gasteiger partial charge in [-0.15, -0.1) is 0 Å². The van der Waals surface area contributed by atoms with Crippen molar-refractivity contribution >= 4 is 27.5 Å². The lowest BCUT2D eigenvalue weighted by molar-refractivity contribution is 0.0785. The van der Waals surface area contributed by atoms with Gasteiger partial charge in [-0.25, -0.2) is 4.98 Å². The predicted octanol–water partition coefficient (Wildman–Crippen LogP) is 3.59. The fourth-order valence-electron chi connectivity index (χ4n) is 2.28. The van der Waals surface area contributed by atoms with Gasteiger partial charge in [0.1, 0.15) is 5.69 Å². The summed E-state index contributed by atoms with van der Waals surface area (Å²) in [6.07, 6.45) is 4.05. The topological polar surface area (TPSA) is 37.6 Å². The van der Waals surface area contributed by atoms with Crippen LogP contribution in [0.15, 0.2) is 16.7 Å². The summed E-state index contributed by atoms with van der Waals surface area (Å²) in [4.78, 5) is 18.9. The molecular weight excluding hydrogens is 318 g/mol. The van der Waals surface area contributed by atoms with Crippen molar-refractivity contribution in [1.82, 2.24) is 14.3 Å². The third-order valence-corrected chi connectivity index (χ3v) is 3.97. The van der Waals surface area contributed by atoms with E-state index in [-0.39, 0.29) is 5.91 Å². The average molecular weight is 338 g/mol. The number of imidazole rings is 1. The number of halogens is 1. The molecule has 2 aromatic rings. The highest BCUT2D eigenvalue weighted by Gasteiger charge is 2.21. The number of pyridine rings is 1. The van der Waals surface area contributed by atoms with Crippen LogP contribution in [-0.2, 0) is 0 Å². The summed E-state index contributed by atoms with van der Waals surface area (Å²) in [5.41, 5.74) is 3.31. The van der Waals surface area contributed by atoms with Crippen LogP contribution in [0.4, 0.5) is 0 Å². The molecule has 0 aliphatic carbocycles. The van der Waals surface area contributed by atoms with E-state index in [2.05, 4.69) is 27.8 Å². The second-order valence-electron chi connectivity index (χ2n) is 5.19. The third kappa shape index (κ3) is 2.73. The Morgan fingerprint density at radius 1 is 1.45 bits per heavy atom. The maximum absolute atomic E-state index is 12.6. The lowest BCUT2D eigenvalue weighted by Crippen LogP contribution is -2.29. The van der Waals surface area contributed by atoms with Gasteiger partial charge in [0.15, 0.2) is 5.65 Å². The van der Waals surface area contributed by atoms with Crippen LogP contribution in [0.2, 0.25) is 0 Å². The molecule has 108 valence electrons. The molecule has 0 unspecified atom stereocenters. The molecule has 0 aliphatic rings. The molecule has 0 radical (unpaired) electrons. The Labute approximate surface area is 127 Å².